The molecule has 94 valence electrons. The fourth-order valence-electron chi connectivity index (χ4n) is 2.02. The summed E-state index contributed by atoms with van der Waals surface area (Å²) in [4.78, 5) is 0. The molecule has 0 bridgehead atoms. The minimum absolute atomic E-state index is 0.697. The predicted octanol–water partition coefficient (Wildman–Crippen LogP) is 4.74. The van der Waals surface area contributed by atoms with Crippen molar-refractivity contribution in [3.8, 4) is 16.9 Å². The molecule has 2 aromatic rings. The topological polar surface area (TPSA) is 9.23 Å². The number of hydrogen-bond donors (Lipinski definition) is 0. The van der Waals surface area contributed by atoms with Crippen LogP contribution in [-0.4, -0.2) is 11.9 Å². The molecular weight excluding hydrogens is 288 g/mol. The van der Waals surface area contributed by atoms with Gasteiger partial charge in [0.05, 0.1) is 6.61 Å². The van der Waals surface area contributed by atoms with Crippen molar-refractivity contribution in [1.29, 1.82) is 0 Å². The summed E-state index contributed by atoms with van der Waals surface area (Å²) in [5, 5.41) is 0.853. The summed E-state index contributed by atoms with van der Waals surface area (Å²) in [5.74, 6) is 0.919. The van der Waals surface area contributed by atoms with Gasteiger partial charge in [0, 0.05) is 5.33 Å². The molecule has 0 fully saturated rings. The van der Waals surface area contributed by atoms with Crippen LogP contribution in [0.4, 0.5) is 0 Å². The molecule has 18 heavy (non-hydrogen) atoms. The summed E-state index contributed by atoms with van der Waals surface area (Å²) >= 11 is 3.35. The maximum absolute atomic E-state index is 5.55. The van der Waals surface area contributed by atoms with Gasteiger partial charge in [-0.1, -0.05) is 51.8 Å². The number of ether oxygens (including phenoxy) is 1. The molecule has 0 heterocycles. The summed E-state index contributed by atoms with van der Waals surface area (Å²) in [6.07, 6.45) is 0. The first-order valence-corrected chi connectivity index (χ1v) is 7.19. The van der Waals surface area contributed by atoms with E-state index in [1.807, 2.05) is 12.1 Å². The molecule has 0 spiro atoms. The molecule has 0 aliphatic rings. The molecule has 0 N–H and O–H groups in total. The molecule has 1 nitrogen and oxygen atoms in total. The Labute approximate surface area is 117 Å². The van der Waals surface area contributed by atoms with Gasteiger partial charge in [-0.3, -0.25) is 0 Å². The fourth-order valence-corrected chi connectivity index (χ4v) is 2.19. The lowest BCUT2D eigenvalue weighted by Crippen LogP contribution is -1.97. The molecule has 0 aliphatic heterocycles. The van der Waals surface area contributed by atoms with E-state index in [0.717, 1.165) is 11.1 Å². The van der Waals surface area contributed by atoms with Gasteiger partial charge in [0.15, 0.2) is 0 Å². The van der Waals surface area contributed by atoms with Crippen LogP contribution in [0, 0.1) is 13.8 Å². The third kappa shape index (κ3) is 3.14. The van der Waals surface area contributed by atoms with E-state index in [9.17, 15) is 0 Å². The van der Waals surface area contributed by atoms with Crippen LogP contribution in [0.2, 0.25) is 0 Å². The van der Waals surface area contributed by atoms with Gasteiger partial charge in [-0.15, -0.1) is 0 Å². The Morgan fingerprint density at radius 1 is 1.00 bits per heavy atom. The lowest BCUT2D eigenvalue weighted by molar-refractivity contribution is 0.345. The smallest absolute Gasteiger partial charge is 0.119 e. The third-order valence-electron chi connectivity index (χ3n) is 2.89. The lowest BCUT2D eigenvalue weighted by Gasteiger charge is -2.09. The van der Waals surface area contributed by atoms with Crippen molar-refractivity contribution in [3.63, 3.8) is 0 Å². The molecule has 2 rings (SSSR count). The highest BCUT2D eigenvalue weighted by Gasteiger charge is 2.02. The third-order valence-corrected chi connectivity index (χ3v) is 3.22. The van der Waals surface area contributed by atoms with Gasteiger partial charge in [-0.05, 0) is 42.7 Å². The SMILES string of the molecule is Cc1ccc(-c2ccc(OCCBr)cc2)c(C)c1. The molecule has 2 aromatic carbocycles. The first-order chi connectivity index (χ1) is 8.70. The van der Waals surface area contributed by atoms with Crippen molar-refractivity contribution in [1.82, 2.24) is 0 Å². The second-order valence-electron chi connectivity index (χ2n) is 4.38. The van der Waals surface area contributed by atoms with E-state index in [1.54, 1.807) is 0 Å². The highest BCUT2D eigenvalue weighted by Crippen LogP contribution is 2.26. The molecule has 0 amide bonds. The van der Waals surface area contributed by atoms with Gasteiger partial charge >= 0.3 is 0 Å². The van der Waals surface area contributed by atoms with Gasteiger partial charge in [0.1, 0.15) is 5.75 Å². The summed E-state index contributed by atoms with van der Waals surface area (Å²) in [5.41, 5.74) is 5.13. The predicted molar refractivity (Wildman–Crippen MR) is 80.6 cm³/mol. The highest BCUT2D eigenvalue weighted by molar-refractivity contribution is 9.09. The van der Waals surface area contributed by atoms with E-state index in [4.69, 9.17) is 4.74 Å². The van der Waals surface area contributed by atoms with Crippen LogP contribution in [0.5, 0.6) is 5.75 Å². The monoisotopic (exact) mass is 304 g/mol. The Bertz CT molecular complexity index is 517. The molecule has 0 unspecified atom stereocenters. The number of benzene rings is 2. The second-order valence-corrected chi connectivity index (χ2v) is 5.17. The maximum Gasteiger partial charge on any atom is 0.119 e. The van der Waals surface area contributed by atoms with Crippen molar-refractivity contribution in [3.05, 3.63) is 53.6 Å². The molecule has 0 aliphatic carbocycles. The van der Waals surface area contributed by atoms with E-state index in [0.29, 0.717) is 6.61 Å². The number of rotatable bonds is 4. The van der Waals surface area contributed by atoms with Crippen molar-refractivity contribution >= 4 is 15.9 Å². The van der Waals surface area contributed by atoms with E-state index < -0.39 is 0 Å². The quantitative estimate of drug-likeness (QED) is 0.741. The van der Waals surface area contributed by atoms with Gasteiger partial charge in [0.25, 0.3) is 0 Å². The molecule has 0 saturated carbocycles. The number of aryl methyl sites for hydroxylation is 2. The van der Waals surface area contributed by atoms with Gasteiger partial charge in [-0.2, -0.15) is 0 Å². The van der Waals surface area contributed by atoms with Crippen LogP contribution in [0.3, 0.4) is 0 Å². The van der Waals surface area contributed by atoms with E-state index in [-0.39, 0.29) is 0 Å². The largest absolute Gasteiger partial charge is 0.493 e. The summed E-state index contributed by atoms with van der Waals surface area (Å²) in [6, 6.07) is 14.8. The van der Waals surface area contributed by atoms with Crippen LogP contribution in [0.15, 0.2) is 42.5 Å². The minimum atomic E-state index is 0.697. The van der Waals surface area contributed by atoms with Gasteiger partial charge in [0.2, 0.25) is 0 Å². The maximum atomic E-state index is 5.55. The van der Waals surface area contributed by atoms with Gasteiger partial charge < -0.3 is 4.74 Å². The Kier molecular flexibility index (Phi) is 4.43. The van der Waals surface area contributed by atoms with E-state index in [1.165, 1.54) is 22.3 Å². The Balaban J connectivity index is 2.23. The fraction of sp³-hybridized carbons (Fsp3) is 0.250. The second kappa shape index (κ2) is 6.05. The standard InChI is InChI=1S/C16H17BrO/c1-12-3-8-16(13(2)11-12)14-4-6-15(7-5-14)18-10-9-17/h3-8,11H,9-10H2,1-2H3. The number of halogens is 1. The molecule has 0 radical (unpaired) electrons. The summed E-state index contributed by atoms with van der Waals surface area (Å²) in [6.45, 7) is 4.97. The molecular formula is C16H17BrO. The average Bonchev–Trinajstić information content (AvgIpc) is 2.37. The van der Waals surface area contributed by atoms with Gasteiger partial charge in [-0.25, -0.2) is 0 Å². The molecule has 0 aromatic heterocycles. The Morgan fingerprint density at radius 2 is 1.72 bits per heavy atom. The van der Waals surface area contributed by atoms with Crippen molar-refractivity contribution in [2.24, 2.45) is 0 Å². The molecule has 2 heteroatoms. The van der Waals surface area contributed by atoms with Crippen molar-refractivity contribution in [2.75, 3.05) is 11.9 Å². The summed E-state index contributed by atoms with van der Waals surface area (Å²) < 4.78 is 5.55. The minimum Gasteiger partial charge on any atom is -0.493 e. The highest BCUT2D eigenvalue weighted by atomic mass is 79.9. The van der Waals surface area contributed by atoms with Crippen LogP contribution in [0.1, 0.15) is 11.1 Å². The van der Waals surface area contributed by atoms with Crippen LogP contribution in [-0.2, 0) is 0 Å². The molecule has 0 saturated heterocycles. The normalized spacial score (nSPS) is 10.4. The zero-order valence-electron chi connectivity index (χ0n) is 10.7. The number of alkyl halides is 1. The van der Waals surface area contributed by atoms with Crippen LogP contribution < -0.4 is 4.74 Å². The van der Waals surface area contributed by atoms with E-state index in [2.05, 4.69) is 60.1 Å². The summed E-state index contributed by atoms with van der Waals surface area (Å²) in [7, 11) is 0. The number of hydrogen-bond acceptors (Lipinski definition) is 1. The Hall–Kier alpha value is -1.28. The average molecular weight is 305 g/mol. The van der Waals surface area contributed by atoms with Crippen LogP contribution >= 0.6 is 15.9 Å². The van der Waals surface area contributed by atoms with Crippen LogP contribution in [0.25, 0.3) is 11.1 Å². The van der Waals surface area contributed by atoms with Crippen molar-refractivity contribution in [2.45, 2.75) is 13.8 Å². The zero-order chi connectivity index (χ0) is 13.0. The Morgan fingerprint density at radius 3 is 2.33 bits per heavy atom. The zero-order valence-corrected chi connectivity index (χ0v) is 12.3. The van der Waals surface area contributed by atoms with E-state index >= 15 is 0 Å². The first-order valence-electron chi connectivity index (χ1n) is 6.07. The molecule has 0 atom stereocenters. The van der Waals surface area contributed by atoms with Crippen molar-refractivity contribution < 1.29 is 4.74 Å². The lowest BCUT2D eigenvalue weighted by atomic mass is 9.99. The first kappa shape index (κ1) is 13.2.